The lowest BCUT2D eigenvalue weighted by Crippen LogP contribution is -2.50. The Balaban J connectivity index is 1.49. The summed E-state index contributed by atoms with van der Waals surface area (Å²) < 4.78 is 11.7. The average molecular weight is 499 g/mol. The third-order valence-corrected chi connectivity index (χ3v) is 7.77. The van der Waals surface area contributed by atoms with Gasteiger partial charge in [0.1, 0.15) is 29.3 Å². The molecule has 0 bridgehead atoms. The van der Waals surface area contributed by atoms with Crippen molar-refractivity contribution in [1.29, 1.82) is 0 Å². The van der Waals surface area contributed by atoms with Crippen LogP contribution in [-0.2, 0) is 25.5 Å². The molecule has 35 heavy (non-hydrogen) atoms. The van der Waals surface area contributed by atoms with Crippen LogP contribution in [0.4, 0.5) is 0 Å². The number of carbonyl (C=O) groups excluding carboxylic acids is 2. The number of nitrogens with zero attached hydrogens (tertiary/aromatic N) is 1. The molecule has 1 aromatic heterocycles. The van der Waals surface area contributed by atoms with E-state index in [1.54, 1.807) is 11.3 Å². The molecular weight excluding hydrogens is 460 g/mol. The van der Waals surface area contributed by atoms with Crippen molar-refractivity contribution in [3.05, 3.63) is 41.4 Å². The van der Waals surface area contributed by atoms with Crippen LogP contribution in [0.1, 0.15) is 77.3 Å². The molecule has 1 aromatic carbocycles. The van der Waals surface area contributed by atoms with E-state index in [4.69, 9.17) is 14.5 Å². The van der Waals surface area contributed by atoms with Crippen LogP contribution in [0.15, 0.2) is 35.7 Å². The first-order valence-electron chi connectivity index (χ1n) is 13.1. The zero-order valence-electron chi connectivity index (χ0n) is 20.9. The van der Waals surface area contributed by atoms with Gasteiger partial charge in [-0.15, -0.1) is 11.3 Å². The van der Waals surface area contributed by atoms with Gasteiger partial charge in [-0.25, -0.2) is 4.98 Å². The Morgan fingerprint density at radius 3 is 2.09 bits per heavy atom. The number of rotatable bonds is 11. The van der Waals surface area contributed by atoms with Gasteiger partial charge in [0.2, 0.25) is 0 Å². The molecule has 2 unspecified atom stereocenters. The summed E-state index contributed by atoms with van der Waals surface area (Å²) >= 11 is 1.56. The summed E-state index contributed by atoms with van der Waals surface area (Å²) in [5, 5.41) is 6.26. The molecule has 0 spiro atoms. The van der Waals surface area contributed by atoms with E-state index in [0.29, 0.717) is 12.8 Å². The van der Waals surface area contributed by atoms with E-state index in [0.717, 1.165) is 67.6 Å². The van der Waals surface area contributed by atoms with Crippen molar-refractivity contribution in [2.24, 2.45) is 5.92 Å². The molecule has 2 fully saturated rings. The van der Waals surface area contributed by atoms with Gasteiger partial charge < -0.3 is 9.47 Å². The topological polar surface area (TPSA) is 77.5 Å². The fraction of sp³-hybridized carbons (Fsp3) is 0.607. The number of ether oxygens (including phenoxy) is 2. The Bertz CT molecular complexity index is 949. The number of esters is 2. The molecule has 1 N–H and O–H groups in total. The summed E-state index contributed by atoms with van der Waals surface area (Å²) in [6.07, 6.45) is 8.99. The maximum atomic E-state index is 13.3. The van der Waals surface area contributed by atoms with E-state index in [-0.39, 0.29) is 30.1 Å². The van der Waals surface area contributed by atoms with Gasteiger partial charge in [0.15, 0.2) is 0 Å². The number of nitrogens with one attached hydrogen (secondary N) is 1. The van der Waals surface area contributed by atoms with Crippen LogP contribution in [0.5, 0.6) is 0 Å². The highest BCUT2D eigenvalue weighted by molar-refractivity contribution is 7.13. The molecule has 2 aromatic rings. The third kappa shape index (κ3) is 7.61. The summed E-state index contributed by atoms with van der Waals surface area (Å²) in [6.45, 7) is 4.16. The molecular formula is C28H38N2O4S. The zero-order chi connectivity index (χ0) is 24.6. The van der Waals surface area contributed by atoms with Gasteiger partial charge in [0, 0.05) is 17.4 Å². The smallest absolute Gasteiger partial charge is 0.323 e. The Morgan fingerprint density at radius 1 is 0.943 bits per heavy atom. The molecule has 2 aliphatic rings. The van der Waals surface area contributed by atoms with Crippen molar-refractivity contribution in [3.8, 4) is 10.6 Å². The van der Waals surface area contributed by atoms with Crippen LogP contribution in [0.25, 0.3) is 10.6 Å². The predicted octanol–water partition coefficient (Wildman–Crippen LogP) is 5.70. The first kappa shape index (κ1) is 25.8. The SMILES string of the molecule is CC(C)CC(NC(Cc1csc(-c2ccccc2)n1)C(=O)OC1CCCC1)C(=O)OC1CCCC1. The van der Waals surface area contributed by atoms with E-state index in [1.165, 1.54) is 0 Å². The van der Waals surface area contributed by atoms with Crippen LogP contribution in [0, 0.1) is 5.92 Å². The molecule has 2 aliphatic carbocycles. The highest BCUT2D eigenvalue weighted by atomic mass is 32.1. The summed E-state index contributed by atoms with van der Waals surface area (Å²) in [5.74, 6) is -0.278. The second kappa shape index (κ2) is 12.6. The largest absolute Gasteiger partial charge is 0.461 e. The number of hydrogen-bond donors (Lipinski definition) is 1. The zero-order valence-corrected chi connectivity index (χ0v) is 21.7. The fourth-order valence-electron chi connectivity index (χ4n) is 4.99. The molecule has 190 valence electrons. The standard InChI is InChI=1S/C28H38N2O4S/c1-19(2)16-24(27(31)33-22-12-6-7-13-22)30-25(28(32)34-23-14-8-9-15-23)17-21-18-35-26(29-21)20-10-4-3-5-11-20/h3-5,10-11,18-19,22-25,30H,6-9,12-17H2,1-2H3. The van der Waals surface area contributed by atoms with Crippen LogP contribution < -0.4 is 5.32 Å². The lowest BCUT2D eigenvalue weighted by Gasteiger charge is -2.26. The molecule has 0 aliphatic heterocycles. The fourth-order valence-corrected chi connectivity index (χ4v) is 5.82. The summed E-state index contributed by atoms with van der Waals surface area (Å²) in [4.78, 5) is 31.2. The van der Waals surface area contributed by atoms with E-state index in [2.05, 4.69) is 19.2 Å². The van der Waals surface area contributed by atoms with Crippen molar-refractivity contribution in [1.82, 2.24) is 10.3 Å². The molecule has 2 atom stereocenters. The maximum absolute atomic E-state index is 13.3. The van der Waals surface area contributed by atoms with Crippen LogP contribution >= 0.6 is 11.3 Å². The van der Waals surface area contributed by atoms with E-state index < -0.39 is 12.1 Å². The minimum Gasteiger partial charge on any atom is -0.461 e. The number of thiazole rings is 1. The van der Waals surface area contributed by atoms with Gasteiger partial charge in [-0.1, -0.05) is 44.2 Å². The van der Waals surface area contributed by atoms with E-state index in [1.807, 2.05) is 35.7 Å². The number of benzene rings is 1. The Morgan fingerprint density at radius 2 is 1.51 bits per heavy atom. The molecule has 1 heterocycles. The van der Waals surface area contributed by atoms with Crippen molar-refractivity contribution in [2.75, 3.05) is 0 Å². The molecule has 6 nitrogen and oxygen atoms in total. The second-order valence-corrected chi connectivity index (χ2v) is 11.2. The number of carbonyl (C=O) groups is 2. The lowest BCUT2D eigenvalue weighted by molar-refractivity contribution is -0.155. The second-order valence-electron chi connectivity index (χ2n) is 10.3. The molecule has 4 rings (SSSR count). The Kier molecular flexibility index (Phi) is 9.32. The summed E-state index contributed by atoms with van der Waals surface area (Å²) in [5.41, 5.74) is 1.88. The van der Waals surface area contributed by atoms with Crippen molar-refractivity contribution in [3.63, 3.8) is 0 Å². The normalized spacial score (nSPS) is 18.6. The summed E-state index contributed by atoms with van der Waals surface area (Å²) in [7, 11) is 0. The van der Waals surface area contributed by atoms with Gasteiger partial charge in [-0.3, -0.25) is 14.9 Å². The van der Waals surface area contributed by atoms with Crippen molar-refractivity contribution in [2.45, 2.75) is 102 Å². The quantitative estimate of drug-likeness (QED) is 0.401. The Labute approximate surface area is 212 Å². The minimum atomic E-state index is -0.652. The third-order valence-electron chi connectivity index (χ3n) is 6.83. The van der Waals surface area contributed by atoms with E-state index >= 15 is 0 Å². The predicted molar refractivity (Wildman–Crippen MR) is 138 cm³/mol. The highest BCUT2D eigenvalue weighted by Crippen LogP contribution is 2.26. The van der Waals surface area contributed by atoms with Gasteiger partial charge in [0.05, 0.1) is 5.69 Å². The van der Waals surface area contributed by atoms with E-state index in [9.17, 15) is 9.59 Å². The Hall–Kier alpha value is -2.25. The number of aromatic nitrogens is 1. The molecule has 7 heteroatoms. The van der Waals surface area contributed by atoms with Gasteiger partial charge in [-0.2, -0.15) is 0 Å². The maximum Gasteiger partial charge on any atom is 0.323 e. The molecule has 0 saturated heterocycles. The highest BCUT2D eigenvalue weighted by Gasteiger charge is 2.33. The monoisotopic (exact) mass is 498 g/mol. The molecule has 2 saturated carbocycles. The van der Waals surface area contributed by atoms with Crippen LogP contribution in [0.3, 0.4) is 0 Å². The summed E-state index contributed by atoms with van der Waals surface area (Å²) in [6, 6.07) is 8.83. The average Bonchev–Trinajstić information content (AvgIpc) is 3.62. The lowest BCUT2D eigenvalue weighted by atomic mass is 10.0. The molecule has 0 radical (unpaired) electrons. The van der Waals surface area contributed by atoms with Crippen molar-refractivity contribution >= 4 is 23.3 Å². The van der Waals surface area contributed by atoms with Crippen molar-refractivity contribution < 1.29 is 19.1 Å². The minimum absolute atomic E-state index is 0.00479. The first-order chi connectivity index (χ1) is 17.0. The van der Waals surface area contributed by atoms with Gasteiger partial charge >= 0.3 is 11.9 Å². The van der Waals surface area contributed by atoms with Gasteiger partial charge in [-0.05, 0) is 63.7 Å². The number of hydrogen-bond acceptors (Lipinski definition) is 7. The van der Waals surface area contributed by atoms with Gasteiger partial charge in [0.25, 0.3) is 0 Å². The van der Waals surface area contributed by atoms with Crippen LogP contribution in [0.2, 0.25) is 0 Å². The van der Waals surface area contributed by atoms with Crippen LogP contribution in [-0.4, -0.2) is 41.2 Å². The first-order valence-corrected chi connectivity index (χ1v) is 14.0. The molecule has 0 amide bonds.